The minimum absolute atomic E-state index is 0.288. The summed E-state index contributed by atoms with van der Waals surface area (Å²) in [5, 5.41) is 12.2. The number of aliphatic hydroxyl groups is 1. The van der Waals surface area contributed by atoms with Crippen molar-refractivity contribution in [3.05, 3.63) is 19.9 Å². The fourth-order valence-electron chi connectivity index (χ4n) is 1.75. The van der Waals surface area contributed by atoms with Crippen molar-refractivity contribution in [1.29, 1.82) is 0 Å². The highest BCUT2D eigenvalue weighted by Gasteiger charge is 2.25. The first kappa shape index (κ1) is 10.9. The average molecular weight is 324 g/mol. The molecule has 0 amide bonds. The maximum atomic E-state index is 10.1. The van der Waals surface area contributed by atoms with E-state index in [0.29, 0.717) is 6.61 Å². The predicted molar refractivity (Wildman–Crippen MR) is 65.5 cm³/mol. The van der Waals surface area contributed by atoms with Crippen molar-refractivity contribution in [2.45, 2.75) is 18.9 Å². The van der Waals surface area contributed by atoms with Crippen LogP contribution in [0.2, 0.25) is 0 Å². The summed E-state index contributed by atoms with van der Waals surface area (Å²) in [6, 6.07) is 2.05. The van der Waals surface area contributed by atoms with Crippen LogP contribution in [0.1, 0.15) is 23.8 Å². The SMILES string of the molecule is OC(c1sccc1I)C1CCCOC1. The maximum absolute atomic E-state index is 10.1. The number of halogens is 1. The van der Waals surface area contributed by atoms with Gasteiger partial charge < -0.3 is 9.84 Å². The van der Waals surface area contributed by atoms with E-state index in [-0.39, 0.29) is 12.0 Å². The summed E-state index contributed by atoms with van der Waals surface area (Å²) in [5.41, 5.74) is 0. The van der Waals surface area contributed by atoms with E-state index in [9.17, 15) is 5.11 Å². The molecule has 2 atom stereocenters. The van der Waals surface area contributed by atoms with Gasteiger partial charge in [-0.2, -0.15) is 0 Å². The quantitative estimate of drug-likeness (QED) is 0.848. The van der Waals surface area contributed by atoms with E-state index in [0.717, 1.165) is 24.3 Å². The van der Waals surface area contributed by atoms with E-state index >= 15 is 0 Å². The molecule has 1 fully saturated rings. The molecule has 0 radical (unpaired) electrons. The van der Waals surface area contributed by atoms with Gasteiger partial charge in [0.1, 0.15) is 0 Å². The van der Waals surface area contributed by atoms with Crippen LogP contribution < -0.4 is 0 Å². The molecule has 78 valence electrons. The number of ether oxygens (including phenoxy) is 1. The fraction of sp³-hybridized carbons (Fsp3) is 0.600. The number of hydrogen-bond donors (Lipinski definition) is 1. The third kappa shape index (κ3) is 2.29. The number of thiophene rings is 1. The van der Waals surface area contributed by atoms with E-state index in [4.69, 9.17) is 4.74 Å². The van der Waals surface area contributed by atoms with Gasteiger partial charge in [-0.15, -0.1) is 11.3 Å². The Hall–Kier alpha value is 0.350. The Morgan fingerprint density at radius 2 is 2.50 bits per heavy atom. The van der Waals surface area contributed by atoms with Crippen LogP contribution in [-0.4, -0.2) is 18.3 Å². The van der Waals surface area contributed by atoms with Gasteiger partial charge in [0.05, 0.1) is 12.7 Å². The lowest BCUT2D eigenvalue weighted by molar-refractivity contribution is -0.00889. The second kappa shape index (κ2) is 4.92. The van der Waals surface area contributed by atoms with Gasteiger partial charge in [0.25, 0.3) is 0 Å². The molecular formula is C10H13IO2S. The molecule has 2 heterocycles. The summed E-state index contributed by atoms with van der Waals surface area (Å²) in [5.74, 6) is 0.288. The first-order valence-corrected chi connectivity index (χ1v) is 6.73. The van der Waals surface area contributed by atoms with E-state index in [1.807, 2.05) is 11.4 Å². The van der Waals surface area contributed by atoms with Crippen LogP contribution >= 0.6 is 33.9 Å². The largest absolute Gasteiger partial charge is 0.387 e. The maximum Gasteiger partial charge on any atom is 0.0942 e. The summed E-state index contributed by atoms with van der Waals surface area (Å²) >= 11 is 3.91. The zero-order chi connectivity index (χ0) is 9.97. The highest BCUT2D eigenvalue weighted by Crippen LogP contribution is 2.34. The molecule has 0 spiro atoms. The molecule has 2 unspecified atom stereocenters. The van der Waals surface area contributed by atoms with Crippen LogP contribution in [0.5, 0.6) is 0 Å². The predicted octanol–water partition coefficient (Wildman–Crippen LogP) is 2.81. The average Bonchev–Trinajstić information content (AvgIpc) is 2.65. The molecule has 0 bridgehead atoms. The van der Waals surface area contributed by atoms with Crippen LogP contribution in [0.4, 0.5) is 0 Å². The van der Waals surface area contributed by atoms with Crippen molar-refractivity contribution in [2.24, 2.45) is 5.92 Å². The molecule has 4 heteroatoms. The normalized spacial score (nSPS) is 24.9. The van der Waals surface area contributed by atoms with Crippen molar-refractivity contribution in [3.63, 3.8) is 0 Å². The molecular weight excluding hydrogens is 311 g/mol. The zero-order valence-electron chi connectivity index (χ0n) is 7.78. The molecule has 1 saturated heterocycles. The van der Waals surface area contributed by atoms with Crippen LogP contribution in [0.3, 0.4) is 0 Å². The molecule has 1 aromatic heterocycles. The number of aliphatic hydroxyl groups excluding tert-OH is 1. The molecule has 1 aliphatic rings. The van der Waals surface area contributed by atoms with Crippen molar-refractivity contribution < 1.29 is 9.84 Å². The Labute approximate surface area is 101 Å². The minimum Gasteiger partial charge on any atom is -0.387 e. The van der Waals surface area contributed by atoms with E-state index < -0.39 is 0 Å². The van der Waals surface area contributed by atoms with Crippen LogP contribution in [0.25, 0.3) is 0 Å². The monoisotopic (exact) mass is 324 g/mol. The summed E-state index contributed by atoms with van der Waals surface area (Å²) in [6.07, 6.45) is 1.82. The van der Waals surface area contributed by atoms with Crippen molar-refractivity contribution >= 4 is 33.9 Å². The van der Waals surface area contributed by atoms with Gasteiger partial charge in [0.15, 0.2) is 0 Å². The highest BCUT2D eigenvalue weighted by molar-refractivity contribution is 14.1. The van der Waals surface area contributed by atoms with Crippen LogP contribution in [-0.2, 0) is 4.74 Å². The van der Waals surface area contributed by atoms with Gasteiger partial charge in [-0.3, -0.25) is 0 Å². The van der Waals surface area contributed by atoms with E-state index in [1.54, 1.807) is 11.3 Å². The summed E-state index contributed by atoms with van der Waals surface area (Å²) in [7, 11) is 0. The second-order valence-corrected chi connectivity index (χ2v) is 5.66. The molecule has 1 aromatic rings. The molecule has 0 aromatic carbocycles. The third-order valence-corrected chi connectivity index (χ3v) is 4.85. The fourth-order valence-corrected chi connectivity index (χ4v) is 3.73. The molecule has 0 saturated carbocycles. The summed E-state index contributed by atoms with van der Waals surface area (Å²) < 4.78 is 6.56. The van der Waals surface area contributed by atoms with E-state index in [2.05, 4.69) is 22.6 Å². The molecule has 2 nitrogen and oxygen atoms in total. The van der Waals surface area contributed by atoms with Gasteiger partial charge in [-0.05, 0) is 46.9 Å². The Morgan fingerprint density at radius 3 is 3.07 bits per heavy atom. The van der Waals surface area contributed by atoms with Crippen molar-refractivity contribution in [3.8, 4) is 0 Å². The van der Waals surface area contributed by atoms with Gasteiger partial charge in [0, 0.05) is 21.0 Å². The lowest BCUT2D eigenvalue weighted by atomic mass is 9.95. The number of rotatable bonds is 2. The molecule has 1 aliphatic heterocycles. The van der Waals surface area contributed by atoms with Gasteiger partial charge in [-0.1, -0.05) is 0 Å². The van der Waals surface area contributed by atoms with Gasteiger partial charge in [-0.25, -0.2) is 0 Å². The standard InChI is InChI=1S/C10H13IO2S/c11-8-3-5-14-10(8)9(12)7-2-1-4-13-6-7/h3,5,7,9,12H,1-2,4,6H2. The molecule has 14 heavy (non-hydrogen) atoms. The smallest absolute Gasteiger partial charge is 0.0942 e. The Morgan fingerprint density at radius 1 is 1.64 bits per heavy atom. The Kier molecular flexibility index (Phi) is 3.81. The Balaban J connectivity index is 2.07. The van der Waals surface area contributed by atoms with E-state index in [1.165, 1.54) is 3.57 Å². The second-order valence-electron chi connectivity index (χ2n) is 3.55. The third-order valence-electron chi connectivity index (χ3n) is 2.56. The van der Waals surface area contributed by atoms with Crippen LogP contribution in [0.15, 0.2) is 11.4 Å². The van der Waals surface area contributed by atoms with Crippen LogP contribution in [0, 0.1) is 9.49 Å². The first-order valence-electron chi connectivity index (χ1n) is 4.77. The topological polar surface area (TPSA) is 29.5 Å². The Bertz CT molecular complexity index is 294. The molecule has 2 rings (SSSR count). The summed E-state index contributed by atoms with van der Waals surface area (Å²) in [4.78, 5) is 1.10. The minimum atomic E-state index is -0.331. The lowest BCUT2D eigenvalue weighted by Crippen LogP contribution is -2.23. The van der Waals surface area contributed by atoms with Crippen molar-refractivity contribution in [2.75, 3.05) is 13.2 Å². The van der Waals surface area contributed by atoms with Gasteiger partial charge in [0.2, 0.25) is 0 Å². The highest BCUT2D eigenvalue weighted by atomic mass is 127. The molecule has 0 aliphatic carbocycles. The van der Waals surface area contributed by atoms with Crippen molar-refractivity contribution in [1.82, 2.24) is 0 Å². The lowest BCUT2D eigenvalue weighted by Gasteiger charge is -2.26. The zero-order valence-corrected chi connectivity index (χ0v) is 10.8. The number of hydrogen-bond acceptors (Lipinski definition) is 3. The molecule has 1 N–H and O–H groups in total. The first-order chi connectivity index (χ1) is 6.79. The van der Waals surface area contributed by atoms with Gasteiger partial charge >= 0.3 is 0 Å². The summed E-state index contributed by atoms with van der Waals surface area (Å²) in [6.45, 7) is 1.56.